The largest absolute Gasteiger partial charge is 0.370 e. The molecule has 3 heterocycles. The van der Waals surface area contributed by atoms with E-state index in [1.54, 1.807) is 0 Å². The molecule has 1 amide bonds. The number of carbonyl (C=O) groups is 1. The maximum Gasteiger partial charge on any atom is 0.248 e. The van der Waals surface area contributed by atoms with E-state index >= 15 is 0 Å². The number of halogens is 2. The number of nitrogens with zero attached hydrogens (tertiary/aromatic N) is 4. The van der Waals surface area contributed by atoms with Crippen LogP contribution in [0.25, 0.3) is 17.2 Å². The fourth-order valence-electron chi connectivity index (χ4n) is 3.92. The molecule has 0 saturated carbocycles. The molecule has 2 N–H and O–H groups in total. The summed E-state index contributed by atoms with van der Waals surface area (Å²) in [6.45, 7) is 6.41. The van der Waals surface area contributed by atoms with E-state index in [4.69, 9.17) is 38.9 Å². The number of benzene rings is 1. The first kappa shape index (κ1) is 21.7. The number of imidazole rings is 1. The lowest BCUT2D eigenvalue weighted by Crippen LogP contribution is -2.17. The van der Waals surface area contributed by atoms with Crippen molar-refractivity contribution < 1.29 is 4.79 Å². The van der Waals surface area contributed by atoms with Crippen LogP contribution in [0.3, 0.4) is 0 Å². The van der Waals surface area contributed by atoms with Crippen molar-refractivity contribution in [2.45, 2.75) is 33.1 Å². The summed E-state index contributed by atoms with van der Waals surface area (Å²) in [6, 6.07) is 7.11. The van der Waals surface area contributed by atoms with E-state index in [0.717, 1.165) is 36.6 Å². The molecule has 1 saturated heterocycles. The summed E-state index contributed by atoms with van der Waals surface area (Å²) < 4.78 is 1.85. The van der Waals surface area contributed by atoms with E-state index in [-0.39, 0.29) is 5.56 Å². The Kier molecular flexibility index (Phi) is 6.21. The third kappa shape index (κ3) is 4.55. The van der Waals surface area contributed by atoms with Crippen molar-refractivity contribution in [3.63, 3.8) is 0 Å². The van der Waals surface area contributed by atoms with Crippen LogP contribution in [0, 0.1) is 5.92 Å². The molecule has 1 aromatic carbocycles. The van der Waals surface area contributed by atoms with Crippen LogP contribution < -0.4 is 10.6 Å². The van der Waals surface area contributed by atoms with Gasteiger partial charge in [0.05, 0.1) is 33.3 Å². The average Bonchev–Trinajstić information content (AvgIpc) is 3.37. The summed E-state index contributed by atoms with van der Waals surface area (Å²) in [5.41, 5.74) is 8.97. The van der Waals surface area contributed by atoms with Crippen molar-refractivity contribution in [2.24, 2.45) is 11.7 Å². The number of carbonyl (C=O) groups excluding carboxylic acids is 1. The molecule has 0 bridgehead atoms. The third-order valence-electron chi connectivity index (χ3n) is 5.36. The summed E-state index contributed by atoms with van der Waals surface area (Å²) >= 11 is 13.1. The number of nitrogens with two attached hydrogens (primary N) is 1. The number of rotatable bonds is 6. The molecule has 4 rings (SSSR count). The molecule has 0 spiro atoms. The highest BCUT2D eigenvalue weighted by Crippen LogP contribution is 2.34. The average molecular weight is 458 g/mol. The summed E-state index contributed by atoms with van der Waals surface area (Å²) in [4.78, 5) is 23.5. The Morgan fingerprint density at radius 1 is 1.16 bits per heavy atom. The maximum absolute atomic E-state index is 11.6. The Labute approximate surface area is 192 Å². The third-order valence-corrected chi connectivity index (χ3v) is 5.94. The molecule has 0 unspecified atom stereocenters. The van der Waals surface area contributed by atoms with Gasteiger partial charge in [-0.05, 0) is 49.4 Å². The predicted octanol–water partition coefficient (Wildman–Crippen LogP) is 5.14. The van der Waals surface area contributed by atoms with Gasteiger partial charge in [-0.2, -0.15) is 0 Å². The van der Waals surface area contributed by atoms with Gasteiger partial charge in [0.2, 0.25) is 5.91 Å². The minimum absolute atomic E-state index is 0.260. The molecule has 0 atom stereocenters. The first-order valence-electron chi connectivity index (χ1n) is 10.4. The van der Waals surface area contributed by atoms with Gasteiger partial charge in [-0.15, -0.1) is 0 Å². The summed E-state index contributed by atoms with van der Waals surface area (Å²) in [5, 5.41) is 0.648. The van der Waals surface area contributed by atoms with Gasteiger partial charge in [-0.1, -0.05) is 37.0 Å². The predicted molar refractivity (Wildman–Crippen MR) is 125 cm³/mol. The van der Waals surface area contributed by atoms with Gasteiger partial charge < -0.3 is 10.6 Å². The maximum atomic E-state index is 11.6. The molecule has 1 aliphatic rings. The molecule has 6 nitrogen and oxygen atoms in total. The summed E-state index contributed by atoms with van der Waals surface area (Å²) in [7, 11) is 0. The van der Waals surface area contributed by atoms with Crippen LogP contribution in [0.15, 0.2) is 36.7 Å². The Morgan fingerprint density at radius 2 is 1.84 bits per heavy atom. The van der Waals surface area contributed by atoms with Gasteiger partial charge in [-0.3, -0.25) is 14.3 Å². The molecule has 1 aliphatic heterocycles. The molecule has 162 valence electrons. The van der Waals surface area contributed by atoms with Crippen LogP contribution in [0.5, 0.6) is 0 Å². The molecule has 8 heteroatoms. The topological polar surface area (TPSA) is 77.0 Å². The monoisotopic (exact) mass is 457 g/mol. The van der Waals surface area contributed by atoms with Crippen LogP contribution in [-0.2, 0) is 6.42 Å². The Morgan fingerprint density at radius 3 is 2.39 bits per heavy atom. The van der Waals surface area contributed by atoms with E-state index in [1.807, 2.05) is 23.0 Å². The normalized spacial score (nSPS) is 13.9. The minimum atomic E-state index is -0.583. The zero-order valence-electron chi connectivity index (χ0n) is 17.6. The van der Waals surface area contributed by atoms with E-state index in [9.17, 15) is 4.79 Å². The fraction of sp³-hybridized carbons (Fsp3) is 0.348. The Hall–Kier alpha value is -2.57. The van der Waals surface area contributed by atoms with Crippen molar-refractivity contribution in [1.29, 1.82) is 0 Å². The molecule has 0 radical (unpaired) electrons. The number of aromatic nitrogens is 3. The SMILES string of the molecule is CC(C)Cc1cn(-c2c(Cl)cc(C(N)=O)cc2Cl)c(-c2ccc(N3CCCC3)cn2)n1. The fourth-order valence-corrected chi connectivity index (χ4v) is 4.58. The molecular formula is C23H25Cl2N5O. The summed E-state index contributed by atoms with van der Waals surface area (Å²) in [5.74, 6) is 0.505. The van der Waals surface area contributed by atoms with Gasteiger partial charge >= 0.3 is 0 Å². The Bertz CT molecular complexity index is 1080. The van der Waals surface area contributed by atoms with Crippen molar-refractivity contribution in [3.8, 4) is 17.2 Å². The lowest BCUT2D eigenvalue weighted by Gasteiger charge is -2.17. The highest BCUT2D eigenvalue weighted by atomic mass is 35.5. The zero-order chi connectivity index (χ0) is 22.1. The van der Waals surface area contributed by atoms with Crippen LogP contribution in [0.2, 0.25) is 10.0 Å². The number of anilines is 1. The van der Waals surface area contributed by atoms with Gasteiger partial charge in [0.15, 0.2) is 5.82 Å². The van der Waals surface area contributed by atoms with Crippen molar-refractivity contribution in [1.82, 2.24) is 14.5 Å². The minimum Gasteiger partial charge on any atom is -0.370 e. The quantitative estimate of drug-likeness (QED) is 0.555. The number of hydrogen-bond acceptors (Lipinski definition) is 4. The number of pyridine rings is 1. The number of amides is 1. The second-order valence-electron chi connectivity index (χ2n) is 8.27. The van der Waals surface area contributed by atoms with Gasteiger partial charge in [-0.25, -0.2) is 4.98 Å². The molecule has 3 aromatic rings. The van der Waals surface area contributed by atoms with E-state index < -0.39 is 5.91 Å². The van der Waals surface area contributed by atoms with Gasteiger partial charge in [0, 0.05) is 24.8 Å². The van der Waals surface area contributed by atoms with E-state index in [2.05, 4.69) is 24.8 Å². The smallest absolute Gasteiger partial charge is 0.248 e. The highest BCUT2D eigenvalue weighted by molar-refractivity contribution is 6.38. The van der Waals surface area contributed by atoms with Crippen LogP contribution in [-0.4, -0.2) is 33.5 Å². The first-order chi connectivity index (χ1) is 14.8. The molecule has 0 aliphatic carbocycles. The van der Waals surface area contributed by atoms with Gasteiger partial charge in [0.1, 0.15) is 5.69 Å². The lowest BCUT2D eigenvalue weighted by molar-refractivity contribution is 0.100. The van der Waals surface area contributed by atoms with E-state index in [0.29, 0.717) is 27.5 Å². The van der Waals surface area contributed by atoms with Crippen molar-refractivity contribution in [3.05, 3.63) is 58.0 Å². The van der Waals surface area contributed by atoms with Crippen LogP contribution >= 0.6 is 23.2 Å². The second kappa shape index (κ2) is 8.89. The standard InChI is InChI=1S/C23H25Cl2N5O/c1-14(2)9-16-13-30(21-18(24)10-15(22(26)31)11-19(21)25)23(28-16)20-6-5-17(12-27-20)29-7-3-4-8-29/h5-6,10-14H,3-4,7-9H2,1-2H3,(H2,26,31). The molecule has 2 aromatic heterocycles. The molecular weight excluding hydrogens is 433 g/mol. The second-order valence-corrected chi connectivity index (χ2v) is 9.09. The van der Waals surface area contributed by atoms with Crippen molar-refractivity contribution in [2.75, 3.05) is 18.0 Å². The molecule has 31 heavy (non-hydrogen) atoms. The summed E-state index contributed by atoms with van der Waals surface area (Å²) in [6.07, 6.45) is 7.05. The van der Waals surface area contributed by atoms with Crippen LogP contribution in [0.4, 0.5) is 5.69 Å². The van der Waals surface area contributed by atoms with Gasteiger partial charge in [0.25, 0.3) is 0 Å². The number of hydrogen-bond donors (Lipinski definition) is 1. The first-order valence-corrected chi connectivity index (χ1v) is 11.2. The lowest BCUT2D eigenvalue weighted by atomic mass is 10.1. The van der Waals surface area contributed by atoms with E-state index in [1.165, 1.54) is 25.0 Å². The van der Waals surface area contributed by atoms with Crippen LogP contribution in [0.1, 0.15) is 42.7 Å². The molecule has 1 fully saturated rings. The number of primary amides is 1. The Balaban J connectivity index is 1.80. The van der Waals surface area contributed by atoms with Crippen molar-refractivity contribution >= 4 is 34.8 Å². The highest BCUT2D eigenvalue weighted by Gasteiger charge is 2.20. The zero-order valence-corrected chi connectivity index (χ0v) is 19.1.